The minimum absolute atomic E-state index is 0.107. The van der Waals surface area contributed by atoms with Crippen molar-refractivity contribution in [2.45, 2.75) is 32.4 Å². The first kappa shape index (κ1) is 19.8. The molecule has 160 valence electrons. The Morgan fingerprint density at radius 3 is 2.68 bits per heavy atom. The summed E-state index contributed by atoms with van der Waals surface area (Å²) < 4.78 is 11.3. The van der Waals surface area contributed by atoms with Gasteiger partial charge in [-0.05, 0) is 36.2 Å². The van der Waals surface area contributed by atoms with Crippen LogP contribution in [-0.4, -0.2) is 53.1 Å². The number of carbonyl (C=O) groups is 1. The SMILES string of the molecule is CC1Cc2cc(-c3cc(CC(=O)N4CCN(Cc5ccccc5)CC4)no3)ccc2O1. The summed E-state index contributed by atoms with van der Waals surface area (Å²) in [6.07, 6.45) is 1.38. The van der Waals surface area contributed by atoms with E-state index in [0.29, 0.717) is 11.5 Å². The van der Waals surface area contributed by atoms with Gasteiger partial charge in [-0.3, -0.25) is 9.69 Å². The van der Waals surface area contributed by atoms with Crippen molar-refractivity contribution in [3.05, 3.63) is 71.4 Å². The van der Waals surface area contributed by atoms with Gasteiger partial charge in [-0.2, -0.15) is 0 Å². The van der Waals surface area contributed by atoms with Crippen LogP contribution in [0.15, 0.2) is 59.1 Å². The predicted octanol–water partition coefficient (Wildman–Crippen LogP) is 3.55. The number of rotatable bonds is 5. The number of carbonyl (C=O) groups excluding carboxylic acids is 1. The van der Waals surface area contributed by atoms with Crippen LogP contribution in [0.3, 0.4) is 0 Å². The molecule has 3 aromatic rings. The molecule has 0 bridgehead atoms. The first-order chi connectivity index (χ1) is 15.1. The van der Waals surface area contributed by atoms with Crippen LogP contribution in [0, 0.1) is 0 Å². The average Bonchev–Trinajstić information content (AvgIpc) is 3.40. The van der Waals surface area contributed by atoms with E-state index in [1.165, 1.54) is 11.1 Å². The van der Waals surface area contributed by atoms with E-state index >= 15 is 0 Å². The van der Waals surface area contributed by atoms with Crippen molar-refractivity contribution in [3.63, 3.8) is 0 Å². The van der Waals surface area contributed by atoms with Gasteiger partial charge in [-0.1, -0.05) is 35.5 Å². The Morgan fingerprint density at radius 1 is 1.06 bits per heavy atom. The van der Waals surface area contributed by atoms with E-state index in [0.717, 1.165) is 50.5 Å². The van der Waals surface area contributed by atoms with Crippen molar-refractivity contribution < 1.29 is 14.1 Å². The van der Waals surface area contributed by atoms with Gasteiger partial charge >= 0.3 is 0 Å². The normalized spacial score (nSPS) is 18.6. The predicted molar refractivity (Wildman–Crippen MR) is 118 cm³/mol. The highest BCUT2D eigenvalue weighted by Gasteiger charge is 2.23. The van der Waals surface area contributed by atoms with Gasteiger partial charge in [0.25, 0.3) is 0 Å². The number of nitrogens with zero attached hydrogens (tertiary/aromatic N) is 3. The van der Waals surface area contributed by atoms with Gasteiger partial charge in [0.2, 0.25) is 5.91 Å². The summed E-state index contributed by atoms with van der Waals surface area (Å²) in [7, 11) is 0. The summed E-state index contributed by atoms with van der Waals surface area (Å²) in [5, 5.41) is 4.14. The van der Waals surface area contributed by atoms with Crippen LogP contribution in [-0.2, 0) is 24.2 Å². The lowest BCUT2D eigenvalue weighted by molar-refractivity contribution is -0.132. The van der Waals surface area contributed by atoms with Gasteiger partial charge in [-0.25, -0.2) is 0 Å². The van der Waals surface area contributed by atoms with Crippen molar-refractivity contribution in [2.75, 3.05) is 26.2 Å². The molecular formula is C25H27N3O3. The quantitative estimate of drug-likeness (QED) is 0.635. The summed E-state index contributed by atoms with van der Waals surface area (Å²) >= 11 is 0. The van der Waals surface area contributed by atoms with E-state index in [1.54, 1.807) is 0 Å². The third-order valence-corrected chi connectivity index (χ3v) is 6.05. The summed E-state index contributed by atoms with van der Waals surface area (Å²) in [5.41, 5.74) is 4.14. The van der Waals surface area contributed by atoms with E-state index in [4.69, 9.17) is 9.26 Å². The molecule has 1 amide bonds. The molecule has 2 aromatic carbocycles. The van der Waals surface area contributed by atoms with Gasteiger partial charge in [0.05, 0.1) is 12.1 Å². The first-order valence-electron chi connectivity index (χ1n) is 10.9. The van der Waals surface area contributed by atoms with Crippen molar-refractivity contribution >= 4 is 5.91 Å². The Hall–Kier alpha value is -3.12. The van der Waals surface area contributed by atoms with Crippen molar-refractivity contribution in [3.8, 4) is 17.1 Å². The molecule has 3 heterocycles. The van der Waals surface area contributed by atoms with Crippen molar-refractivity contribution in [1.82, 2.24) is 15.0 Å². The summed E-state index contributed by atoms with van der Waals surface area (Å²) in [5.74, 6) is 1.74. The summed E-state index contributed by atoms with van der Waals surface area (Å²) in [6.45, 7) is 6.28. The third kappa shape index (κ3) is 4.49. The highest BCUT2D eigenvalue weighted by molar-refractivity contribution is 5.78. The largest absolute Gasteiger partial charge is 0.490 e. The van der Waals surface area contributed by atoms with Gasteiger partial charge < -0.3 is 14.2 Å². The molecule has 0 aliphatic carbocycles. The smallest absolute Gasteiger partial charge is 0.228 e. The number of fused-ring (bicyclic) bond motifs is 1. The lowest BCUT2D eigenvalue weighted by Crippen LogP contribution is -2.48. The molecule has 5 rings (SSSR count). The number of hydrogen-bond donors (Lipinski definition) is 0. The zero-order valence-corrected chi connectivity index (χ0v) is 17.8. The first-order valence-corrected chi connectivity index (χ1v) is 10.9. The topological polar surface area (TPSA) is 58.8 Å². The van der Waals surface area contributed by atoms with Crippen molar-refractivity contribution in [1.29, 1.82) is 0 Å². The molecule has 2 aliphatic rings. The lowest BCUT2D eigenvalue weighted by atomic mass is 10.1. The fourth-order valence-corrected chi connectivity index (χ4v) is 4.37. The number of hydrogen-bond acceptors (Lipinski definition) is 5. The van der Waals surface area contributed by atoms with Crippen LogP contribution in [0.4, 0.5) is 0 Å². The molecule has 31 heavy (non-hydrogen) atoms. The van der Waals surface area contributed by atoms with Crippen LogP contribution in [0.25, 0.3) is 11.3 Å². The maximum absolute atomic E-state index is 12.8. The Balaban J connectivity index is 1.16. The van der Waals surface area contributed by atoms with E-state index < -0.39 is 0 Å². The number of piperazine rings is 1. The molecule has 0 spiro atoms. The second kappa shape index (κ2) is 8.55. The minimum Gasteiger partial charge on any atom is -0.490 e. The molecule has 1 unspecified atom stereocenters. The van der Waals surface area contributed by atoms with Gasteiger partial charge in [-0.15, -0.1) is 0 Å². The monoisotopic (exact) mass is 417 g/mol. The summed E-state index contributed by atoms with van der Waals surface area (Å²) in [6, 6.07) is 18.4. The molecule has 1 fully saturated rings. The maximum Gasteiger partial charge on any atom is 0.228 e. The number of aromatic nitrogens is 1. The fourth-order valence-electron chi connectivity index (χ4n) is 4.37. The lowest BCUT2D eigenvalue weighted by Gasteiger charge is -2.34. The molecule has 1 atom stereocenters. The Bertz CT molecular complexity index is 1050. The van der Waals surface area contributed by atoms with Gasteiger partial charge in [0, 0.05) is 50.8 Å². The molecule has 6 nitrogen and oxygen atoms in total. The van der Waals surface area contributed by atoms with Gasteiger partial charge in [0.1, 0.15) is 11.9 Å². The molecule has 6 heteroatoms. The molecule has 0 N–H and O–H groups in total. The van der Waals surface area contributed by atoms with E-state index in [-0.39, 0.29) is 18.4 Å². The molecule has 0 radical (unpaired) electrons. The number of ether oxygens (including phenoxy) is 1. The fraction of sp³-hybridized carbons (Fsp3) is 0.360. The Labute approximate surface area is 182 Å². The average molecular weight is 418 g/mol. The summed E-state index contributed by atoms with van der Waals surface area (Å²) in [4.78, 5) is 17.1. The minimum atomic E-state index is 0.107. The maximum atomic E-state index is 12.8. The highest BCUT2D eigenvalue weighted by atomic mass is 16.5. The zero-order chi connectivity index (χ0) is 21.2. The Morgan fingerprint density at radius 2 is 1.87 bits per heavy atom. The second-order valence-electron chi connectivity index (χ2n) is 8.46. The molecule has 1 aromatic heterocycles. The third-order valence-electron chi connectivity index (χ3n) is 6.05. The number of benzene rings is 2. The number of amides is 1. The molecular weight excluding hydrogens is 390 g/mol. The van der Waals surface area contributed by atoms with Crippen LogP contribution in [0.5, 0.6) is 5.75 Å². The van der Waals surface area contributed by atoms with E-state index in [1.807, 2.05) is 29.2 Å². The molecule has 1 saturated heterocycles. The second-order valence-corrected chi connectivity index (χ2v) is 8.46. The standard InChI is InChI=1S/C25H27N3O3/c1-18-13-21-14-20(7-8-23(21)30-18)24-15-22(26-31-24)16-25(29)28-11-9-27(10-12-28)17-19-5-3-2-4-6-19/h2-8,14-15,18H,9-13,16-17H2,1H3. The zero-order valence-electron chi connectivity index (χ0n) is 17.8. The Kier molecular flexibility index (Phi) is 5.47. The van der Waals surface area contributed by atoms with Crippen LogP contribution in [0.2, 0.25) is 0 Å². The van der Waals surface area contributed by atoms with Crippen LogP contribution < -0.4 is 4.74 Å². The van der Waals surface area contributed by atoms with Crippen LogP contribution in [0.1, 0.15) is 23.7 Å². The van der Waals surface area contributed by atoms with E-state index in [9.17, 15) is 4.79 Å². The molecule has 0 saturated carbocycles. The molecule has 2 aliphatic heterocycles. The highest BCUT2D eigenvalue weighted by Crippen LogP contribution is 2.33. The van der Waals surface area contributed by atoms with E-state index in [2.05, 4.69) is 47.3 Å². The van der Waals surface area contributed by atoms with Gasteiger partial charge in [0.15, 0.2) is 5.76 Å². The van der Waals surface area contributed by atoms with Crippen molar-refractivity contribution in [2.24, 2.45) is 0 Å². The van der Waals surface area contributed by atoms with Crippen LogP contribution >= 0.6 is 0 Å².